The van der Waals surface area contributed by atoms with Gasteiger partial charge in [0.25, 0.3) is 5.91 Å². The Morgan fingerprint density at radius 3 is 2.21 bits per heavy atom. The van der Waals surface area contributed by atoms with Crippen LogP contribution in [0.15, 0.2) is 81.7 Å². The van der Waals surface area contributed by atoms with E-state index in [-0.39, 0.29) is 25.0 Å². The van der Waals surface area contributed by atoms with Gasteiger partial charge in [0.2, 0.25) is 5.91 Å². The van der Waals surface area contributed by atoms with Crippen molar-refractivity contribution in [3.8, 4) is 5.75 Å². The molecule has 0 fully saturated rings. The van der Waals surface area contributed by atoms with E-state index in [1.54, 1.807) is 4.90 Å². The van der Waals surface area contributed by atoms with Gasteiger partial charge in [-0.2, -0.15) is 0 Å². The van der Waals surface area contributed by atoms with Crippen molar-refractivity contribution in [3.05, 3.63) is 98.4 Å². The molecule has 0 unspecified atom stereocenters. The average molecular weight is 644 g/mol. The Morgan fingerprint density at radius 1 is 0.921 bits per heavy atom. The molecule has 3 aromatic carbocycles. The number of carbonyl (C=O) groups is 2. The number of hydrogen-bond acceptors (Lipinski definition) is 3. The highest BCUT2D eigenvalue weighted by Gasteiger charge is 2.32. The van der Waals surface area contributed by atoms with Crippen molar-refractivity contribution >= 4 is 43.7 Å². The summed E-state index contributed by atoms with van der Waals surface area (Å²) in [4.78, 5) is 29.1. The number of nitrogens with zero attached hydrogens (tertiary/aromatic N) is 1. The van der Waals surface area contributed by atoms with Crippen LogP contribution in [0.5, 0.6) is 5.75 Å². The summed E-state index contributed by atoms with van der Waals surface area (Å²) < 4.78 is 7.68. The Morgan fingerprint density at radius 2 is 1.61 bits per heavy atom. The fraction of sp³-hybridized carbons (Fsp3) is 0.355. The predicted octanol–water partition coefficient (Wildman–Crippen LogP) is 7.27. The SMILES string of the molecule is CC(C)c1ccc(OCC(=O)N(Cc2cccc(Br)c2)[C@@H](Cc2ccccc2)C(=O)NC(C)(C)C)c(Br)c1. The van der Waals surface area contributed by atoms with E-state index >= 15 is 0 Å². The fourth-order valence-corrected chi connectivity index (χ4v) is 5.01. The molecule has 0 aliphatic rings. The van der Waals surface area contributed by atoms with Gasteiger partial charge in [0.1, 0.15) is 11.8 Å². The summed E-state index contributed by atoms with van der Waals surface area (Å²) in [6.07, 6.45) is 0.384. The molecule has 0 aliphatic carbocycles. The zero-order valence-corrected chi connectivity index (χ0v) is 25.8. The van der Waals surface area contributed by atoms with E-state index < -0.39 is 11.6 Å². The summed E-state index contributed by atoms with van der Waals surface area (Å²) >= 11 is 7.10. The molecule has 2 amide bonds. The van der Waals surface area contributed by atoms with Crippen molar-refractivity contribution in [2.24, 2.45) is 0 Å². The Kier molecular flexibility index (Phi) is 10.6. The molecule has 0 radical (unpaired) electrons. The second-order valence-corrected chi connectivity index (χ2v) is 12.5. The molecule has 202 valence electrons. The first kappa shape index (κ1) is 29.9. The van der Waals surface area contributed by atoms with E-state index in [0.29, 0.717) is 18.1 Å². The summed E-state index contributed by atoms with van der Waals surface area (Å²) in [6, 6.07) is 22.7. The zero-order chi connectivity index (χ0) is 27.9. The lowest BCUT2D eigenvalue weighted by Crippen LogP contribution is -2.55. The van der Waals surface area contributed by atoms with Crippen LogP contribution in [-0.4, -0.2) is 34.9 Å². The molecule has 0 spiro atoms. The molecule has 0 aliphatic heterocycles. The Hall–Kier alpha value is -2.64. The highest BCUT2D eigenvalue weighted by atomic mass is 79.9. The molecule has 5 nitrogen and oxygen atoms in total. The summed E-state index contributed by atoms with van der Waals surface area (Å²) in [5.41, 5.74) is 2.61. The lowest BCUT2D eigenvalue weighted by molar-refractivity contribution is -0.143. The van der Waals surface area contributed by atoms with Gasteiger partial charge in [-0.3, -0.25) is 9.59 Å². The highest BCUT2D eigenvalue weighted by Crippen LogP contribution is 2.29. The summed E-state index contributed by atoms with van der Waals surface area (Å²) in [7, 11) is 0. The van der Waals surface area contributed by atoms with Crippen LogP contribution in [0.1, 0.15) is 57.2 Å². The second-order valence-electron chi connectivity index (χ2n) is 10.7. The lowest BCUT2D eigenvalue weighted by Gasteiger charge is -2.33. The van der Waals surface area contributed by atoms with Gasteiger partial charge in [0, 0.05) is 23.0 Å². The third kappa shape index (κ3) is 8.98. The standard InChI is InChI=1S/C31H36Br2N2O3/c1-21(2)24-14-15-28(26(33)18-24)38-20-29(36)35(19-23-12-9-13-25(32)16-23)27(30(37)34-31(3,4)5)17-22-10-7-6-8-11-22/h6-16,18,21,27H,17,19-20H2,1-5H3,(H,34,37)/t27-/m0/s1. The van der Waals surface area contributed by atoms with Crippen LogP contribution in [0, 0.1) is 0 Å². The minimum absolute atomic E-state index is 0.193. The van der Waals surface area contributed by atoms with Crippen LogP contribution in [0.3, 0.4) is 0 Å². The van der Waals surface area contributed by atoms with Crippen LogP contribution >= 0.6 is 31.9 Å². The van der Waals surface area contributed by atoms with E-state index in [9.17, 15) is 9.59 Å². The van der Waals surface area contributed by atoms with Crippen molar-refractivity contribution in [1.29, 1.82) is 0 Å². The Bertz CT molecular complexity index is 1240. The monoisotopic (exact) mass is 642 g/mol. The van der Waals surface area contributed by atoms with E-state index in [4.69, 9.17) is 4.74 Å². The number of halogens is 2. The van der Waals surface area contributed by atoms with Gasteiger partial charge in [-0.05, 0) is 83.6 Å². The number of amides is 2. The first-order valence-corrected chi connectivity index (χ1v) is 14.3. The van der Waals surface area contributed by atoms with Crippen LogP contribution in [0.4, 0.5) is 0 Å². The predicted molar refractivity (Wildman–Crippen MR) is 160 cm³/mol. The van der Waals surface area contributed by atoms with E-state index in [1.165, 1.54) is 5.56 Å². The second kappa shape index (κ2) is 13.4. The number of carbonyl (C=O) groups excluding carboxylic acids is 2. The smallest absolute Gasteiger partial charge is 0.261 e. The van der Waals surface area contributed by atoms with Crippen LogP contribution < -0.4 is 10.1 Å². The fourth-order valence-electron chi connectivity index (χ4n) is 4.05. The molecule has 1 N–H and O–H groups in total. The quantitative estimate of drug-likeness (QED) is 0.253. The molecule has 1 atom stereocenters. The van der Waals surface area contributed by atoms with Crippen LogP contribution in [0.25, 0.3) is 0 Å². The number of hydrogen-bond donors (Lipinski definition) is 1. The summed E-state index contributed by atoms with van der Waals surface area (Å²) in [5.74, 6) is 0.494. The molecule has 3 rings (SSSR count). The number of ether oxygens (including phenoxy) is 1. The molecule has 0 aromatic heterocycles. The van der Waals surface area contributed by atoms with Crippen molar-refractivity contribution in [2.75, 3.05) is 6.61 Å². The third-order valence-electron chi connectivity index (χ3n) is 5.98. The highest BCUT2D eigenvalue weighted by molar-refractivity contribution is 9.10. The largest absolute Gasteiger partial charge is 0.483 e. The van der Waals surface area contributed by atoms with Gasteiger partial charge in [-0.15, -0.1) is 0 Å². The van der Waals surface area contributed by atoms with Crippen molar-refractivity contribution in [3.63, 3.8) is 0 Å². The van der Waals surface area contributed by atoms with Crippen molar-refractivity contribution < 1.29 is 14.3 Å². The molecule has 38 heavy (non-hydrogen) atoms. The molecular weight excluding hydrogens is 608 g/mol. The van der Waals surface area contributed by atoms with E-state index in [1.807, 2.05) is 93.6 Å². The minimum atomic E-state index is -0.724. The van der Waals surface area contributed by atoms with E-state index in [0.717, 1.165) is 20.1 Å². The number of nitrogens with one attached hydrogen (secondary N) is 1. The molecule has 0 bridgehead atoms. The minimum Gasteiger partial charge on any atom is -0.483 e. The number of rotatable bonds is 10. The first-order chi connectivity index (χ1) is 17.9. The topological polar surface area (TPSA) is 58.6 Å². The van der Waals surface area contributed by atoms with Gasteiger partial charge in [0.15, 0.2) is 6.61 Å². The van der Waals surface area contributed by atoms with Gasteiger partial charge < -0.3 is 15.0 Å². The molecule has 0 saturated heterocycles. The molecule has 3 aromatic rings. The van der Waals surface area contributed by atoms with Gasteiger partial charge in [0.05, 0.1) is 4.47 Å². The third-order valence-corrected chi connectivity index (χ3v) is 7.10. The summed E-state index contributed by atoms with van der Waals surface area (Å²) in [5, 5.41) is 3.08. The molecule has 0 heterocycles. The van der Waals surface area contributed by atoms with Crippen LogP contribution in [-0.2, 0) is 22.6 Å². The maximum Gasteiger partial charge on any atom is 0.261 e. The van der Waals surface area contributed by atoms with Gasteiger partial charge >= 0.3 is 0 Å². The number of benzene rings is 3. The Balaban J connectivity index is 1.93. The van der Waals surface area contributed by atoms with Gasteiger partial charge in [-0.25, -0.2) is 0 Å². The van der Waals surface area contributed by atoms with Crippen LogP contribution in [0.2, 0.25) is 0 Å². The molecule has 0 saturated carbocycles. The van der Waals surface area contributed by atoms with Gasteiger partial charge in [-0.1, -0.05) is 78.3 Å². The first-order valence-electron chi connectivity index (χ1n) is 12.7. The average Bonchev–Trinajstić information content (AvgIpc) is 2.84. The maximum atomic E-state index is 13.8. The molecule has 7 heteroatoms. The normalized spacial score (nSPS) is 12.2. The van der Waals surface area contributed by atoms with E-state index in [2.05, 4.69) is 51.0 Å². The van der Waals surface area contributed by atoms with Crippen molar-refractivity contribution in [1.82, 2.24) is 10.2 Å². The molecular formula is C31H36Br2N2O3. The lowest BCUT2D eigenvalue weighted by atomic mass is 10.0. The summed E-state index contributed by atoms with van der Waals surface area (Å²) in [6.45, 7) is 10.1. The maximum absolute atomic E-state index is 13.8. The van der Waals surface area contributed by atoms with Crippen molar-refractivity contribution in [2.45, 2.75) is 65.1 Å². The Labute approximate surface area is 243 Å². The zero-order valence-electron chi connectivity index (χ0n) is 22.6.